The van der Waals surface area contributed by atoms with E-state index in [1.54, 1.807) is 17.0 Å². The summed E-state index contributed by atoms with van der Waals surface area (Å²) >= 11 is 0. The van der Waals surface area contributed by atoms with E-state index in [2.05, 4.69) is 27.5 Å². The van der Waals surface area contributed by atoms with Gasteiger partial charge in [0.05, 0.1) is 51.1 Å². The lowest BCUT2D eigenvalue weighted by Gasteiger charge is -2.30. The van der Waals surface area contributed by atoms with Crippen LogP contribution in [0.3, 0.4) is 0 Å². The minimum atomic E-state index is -0.199. The number of ether oxygens (including phenoxy) is 1. The third-order valence-electron chi connectivity index (χ3n) is 5.46. The zero-order valence-electron chi connectivity index (χ0n) is 18.0. The van der Waals surface area contributed by atoms with Crippen molar-refractivity contribution in [3.63, 3.8) is 0 Å². The Hall–Kier alpha value is -3.45. The first-order chi connectivity index (χ1) is 15.1. The summed E-state index contributed by atoms with van der Waals surface area (Å²) in [5.74, 6) is 1.30. The minimum Gasteiger partial charge on any atom is -0.493 e. The van der Waals surface area contributed by atoms with E-state index < -0.39 is 0 Å². The molecular formula is C24H28N5O2+. The van der Waals surface area contributed by atoms with Gasteiger partial charge in [0.25, 0.3) is 5.91 Å². The molecule has 0 spiro atoms. The summed E-state index contributed by atoms with van der Waals surface area (Å²) in [6.07, 6.45) is 0. The molecule has 0 atom stereocenters. The van der Waals surface area contributed by atoms with Gasteiger partial charge in [0.1, 0.15) is 5.75 Å². The second-order valence-corrected chi connectivity index (χ2v) is 7.68. The van der Waals surface area contributed by atoms with Gasteiger partial charge < -0.3 is 19.9 Å². The third kappa shape index (κ3) is 5.00. The number of amides is 1. The monoisotopic (exact) mass is 418 g/mol. The topological polar surface area (TPSA) is 71.8 Å². The van der Waals surface area contributed by atoms with Gasteiger partial charge in [-0.2, -0.15) is 0 Å². The van der Waals surface area contributed by atoms with Gasteiger partial charge in [-0.15, -0.1) is 10.2 Å². The van der Waals surface area contributed by atoms with Crippen molar-refractivity contribution in [2.75, 3.05) is 50.1 Å². The van der Waals surface area contributed by atoms with Crippen LogP contribution < -0.4 is 19.9 Å². The number of nitrogens with zero attached hydrogens (tertiary/aromatic N) is 3. The number of benzene rings is 2. The van der Waals surface area contributed by atoms with E-state index >= 15 is 0 Å². The SMILES string of the molecule is CCOc1ccccc1C(=O)Nc1ccc(-c2ccc(N3CC[NH+](C)CC3)nn2)cc1. The number of anilines is 2. The van der Waals surface area contributed by atoms with Crippen molar-refractivity contribution in [3.8, 4) is 17.0 Å². The zero-order chi connectivity index (χ0) is 21.6. The molecule has 1 saturated heterocycles. The van der Waals surface area contributed by atoms with Crippen LogP contribution in [0.25, 0.3) is 11.3 Å². The molecule has 1 aromatic heterocycles. The van der Waals surface area contributed by atoms with Gasteiger partial charge in [0, 0.05) is 11.3 Å². The molecule has 0 unspecified atom stereocenters. The summed E-state index contributed by atoms with van der Waals surface area (Å²) in [5, 5.41) is 11.8. The summed E-state index contributed by atoms with van der Waals surface area (Å²) in [7, 11) is 2.22. The van der Waals surface area contributed by atoms with Gasteiger partial charge >= 0.3 is 0 Å². The summed E-state index contributed by atoms with van der Waals surface area (Å²) in [6.45, 7) is 6.64. The highest BCUT2D eigenvalue weighted by molar-refractivity contribution is 6.06. The van der Waals surface area contributed by atoms with Crippen LogP contribution in [0.2, 0.25) is 0 Å². The second-order valence-electron chi connectivity index (χ2n) is 7.68. The van der Waals surface area contributed by atoms with E-state index in [1.807, 2.05) is 55.5 Å². The molecule has 0 bridgehead atoms. The smallest absolute Gasteiger partial charge is 0.259 e. The molecule has 1 fully saturated rings. The lowest BCUT2D eigenvalue weighted by atomic mass is 10.1. The lowest BCUT2D eigenvalue weighted by molar-refractivity contribution is -0.880. The Labute approximate surface area is 182 Å². The first-order valence-corrected chi connectivity index (χ1v) is 10.7. The number of hydrogen-bond acceptors (Lipinski definition) is 5. The van der Waals surface area contributed by atoms with E-state index in [4.69, 9.17) is 4.74 Å². The van der Waals surface area contributed by atoms with Crippen LogP contribution in [0.1, 0.15) is 17.3 Å². The highest BCUT2D eigenvalue weighted by Crippen LogP contribution is 2.23. The second kappa shape index (κ2) is 9.57. The molecule has 0 radical (unpaired) electrons. The molecular weight excluding hydrogens is 390 g/mol. The molecule has 2 aromatic carbocycles. The standard InChI is InChI=1S/C24H27N5O2/c1-3-31-22-7-5-4-6-20(22)24(30)25-19-10-8-18(9-11-19)21-12-13-23(27-26-21)29-16-14-28(2)15-17-29/h4-13H,3,14-17H2,1-2H3,(H,25,30)/p+1. The normalized spacial score (nSPS) is 14.3. The largest absolute Gasteiger partial charge is 0.493 e. The molecule has 7 nitrogen and oxygen atoms in total. The van der Waals surface area contributed by atoms with Crippen molar-refractivity contribution in [2.24, 2.45) is 0 Å². The molecule has 3 aromatic rings. The first kappa shape index (κ1) is 20.8. The van der Waals surface area contributed by atoms with Crippen molar-refractivity contribution < 1.29 is 14.4 Å². The van der Waals surface area contributed by atoms with Crippen molar-refractivity contribution in [1.82, 2.24) is 10.2 Å². The fraction of sp³-hybridized carbons (Fsp3) is 0.292. The number of hydrogen-bond donors (Lipinski definition) is 2. The molecule has 2 heterocycles. The fourth-order valence-electron chi connectivity index (χ4n) is 3.62. The maximum absolute atomic E-state index is 12.7. The predicted octanol–water partition coefficient (Wildman–Crippen LogP) is 2.13. The van der Waals surface area contributed by atoms with E-state index in [-0.39, 0.29) is 5.91 Å². The molecule has 1 aliphatic rings. The number of carbonyl (C=O) groups is 1. The minimum absolute atomic E-state index is 0.199. The number of para-hydroxylation sites is 1. The Balaban J connectivity index is 1.42. The van der Waals surface area contributed by atoms with Crippen LogP contribution >= 0.6 is 0 Å². The average Bonchev–Trinajstić information content (AvgIpc) is 2.81. The van der Waals surface area contributed by atoms with Crippen molar-refractivity contribution in [3.05, 3.63) is 66.2 Å². The number of likely N-dealkylation sites (N-methyl/N-ethyl adjacent to an activating group) is 1. The third-order valence-corrected chi connectivity index (χ3v) is 5.46. The van der Waals surface area contributed by atoms with Crippen LogP contribution in [0, 0.1) is 0 Å². The fourth-order valence-corrected chi connectivity index (χ4v) is 3.62. The highest BCUT2D eigenvalue weighted by Gasteiger charge is 2.18. The van der Waals surface area contributed by atoms with E-state index in [1.165, 1.54) is 0 Å². The molecule has 2 N–H and O–H groups in total. The number of carbonyl (C=O) groups excluding carboxylic acids is 1. The van der Waals surface area contributed by atoms with E-state index in [0.717, 1.165) is 43.3 Å². The van der Waals surface area contributed by atoms with Gasteiger partial charge in [-0.25, -0.2) is 0 Å². The van der Waals surface area contributed by atoms with Crippen molar-refractivity contribution in [1.29, 1.82) is 0 Å². The molecule has 7 heteroatoms. The number of quaternary nitrogens is 1. The molecule has 160 valence electrons. The molecule has 1 aliphatic heterocycles. The van der Waals surface area contributed by atoms with Crippen molar-refractivity contribution >= 4 is 17.4 Å². The Kier molecular flexibility index (Phi) is 6.43. The maximum atomic E-state index is 12.7. The van der Waals surface area contributed by atoms with Gasteiger partial charge in [-0.05, 0) is 43.3 Å². The number of piperazine rings is 1. The molecule has 0 aliphatic carbocycles. The molecule has 0 saturated carbocycles. The summed E-state index contributed by atoms with van der Waals surface area (Å²) in [4.78, 5) is 16.5. The highest BCUT2D eigenvalue weighted by atomic mass is 16.5. The molecule has 1 amide bonds. The van der Waals surface area contributed by atoms with Gasteiger partial charge in [0.15, 0.2) is 5.82 Å². The van der Waals surface area contributed by atoms with Gasteiger partial charge in [-0.1, -0.05) is 24.3 Å². The predicted molar refractivity (Wildman–Crippen MR) is 122 cm³/mol. The lowest BCUT2D eigenvalue weighted by Crippen LogP contribution is -3.12. The van der Waals surface area contributed by atoms with E-state index in [9.17, 15) is 4.79 Å². The quantitative estimate of drug-likeness (QED) is 0.642. The van der Waals surface area contributed by atoms with Gasteiger partial charge in [-0.3, -0.25) is 4.79 Å². The van der Waals surface area contributed by atoms with E-state index in [0.29, 0.717) is 23.6 Å². The van der Waals surface area contributed by atoms with Crippen LogP contribution in [-0.4, -0.2) is 55.9 Å². The van der Waals surface area contributed by atoms with Crippen LogP contribution in [0.15, 0.2) is 60.7 Å². The Morgan fingerprint density at radius 3 is 2.45 bits per heavy atom. The first-order valence-electron chi connectivity index (χ1n) is 10.7. The van der Waals surface area contributed by atoms with Crippen molar-refractivity contribution in [2.45, 2.75) is 6.92 Å². The molecule has 31 heavy (non-hydrogen) atoms. The summed E-state index contributed by atoms with van der Waals surface area (Å²) in [6, 6.07) is 18.9. The van der Waals surface area contributed by atoms with Crippen LogP contribution in [0.5, 0.6) is 5.75 Å². The number of aromatic nitrogens is 2. The number of rotatable bonds is 6. The summed E-state index contributed by atoms with van der Waals surface area (Å²) < 4.78 is 5.55. The summed E-state index contributed by atoms with van der Waals surface area (Å²) in [5.41, 5.74) is 2.99. The van der Waals surface area contributed by atoms with Gasteiger partial charge in [0.2, 0.25) is 0 Å². The number of nitrogens with one attached hydrogen (secondary N) is 2. The average molecular weight is 419 g/mol. The Bertz CT molecular complexity index is 1010. The Morgan fingerprint density at radius 2 is 1.77 bits per heavy atom. The van der Waals surface area contributed by atoms with Crippen LogP contribution in [-0.2, 0) is 0 Å². The zero-order valence-corrected chi connectivity index (χ0v) is 18.0. The Morgan fingerprint density at radius 1 is 1.03 bits per heavy atom. The maximum Gasteiger partial charge on any atom is 0.259 e. The molecule has 4 rings (SSSR count). The van der Waals surface area contributed by atoms with Crippen LogP contribution in [0.4, 0.5) is 11.5 Å².